The number of halogens is 1. The molecule has 0 aliphatic rings. The minimum Gasteiger partial charge on any atom is -0.465 e. The lowest BCUT2D eigenvalue weighted by atomic mass is 9.83. The molecule has 0 atom stereocenters. The van der Waals surface area contributed by atoms with Crippen LogP contribution in [0.5, 0.6) is 0 Å². The third kappa shape index (κ3) is 4.67. The van der Waals surface area contributed by atoms with Crippen LogP contribution in [0.1, 0.15) is 33.6 Å². The van der Waals surface area contributed by atoms with Crippen molar-refractivity contribution in [2.24, 2.45) is 5.41 Å². The molecule has 16 heavy (non-hydrogen) atoms. The van der Waals surface area contributed by atoms with E-state index in [1.165, 1.54) is 0 Å². The van der Waals surface area contributed by atoms with Crippen molar-refractivity contribution in [3.63, 3.8) is 0 Å². The summed E-state index contributed by atoms with van der Waals surface area (Å²) in [6, 6.07) is 0. The second kappa shape index (κ2) is 6.42. The van der Waals surface area contributed by atoms with Crippen LogP contribution < -0.4 is 0 Å². The van der Waals surface area contributed by atoms with Gasteiger partial charge >= 0.3 is 15.3 Å². The van der Waals surface area contributed by atoms with Gasteiger partial charge in [0.05, 0.1) is 18.6 Å². The van der Waals surface area contributed by atoms with Crippen molar-refractivity contribution in [3.05, 3.63) is 0 Å². The molecule has 0 N–H and O–H groups in total. The zero-order valence-corrected chi connectivity index (χ0v) is 11.2. The van der Waals surface area contributed by atoms with Crippen molar-refractivity contribution in [1.82, 2.24) is 0 Å². The predicted octanol–water partition coefficient (Wildman–Crippen LogP) is 1.86. The topological polar surface area (TPSA) is 69.7 Å². The zero-order chi connectivity index (χ0) is 12.8. The molecule has 0 aromatic carbocycles. The highest BCUT2D eigenvalue weighted by Gasteiger charge is 2.38. The number of rotatable bonds is 7. The molecule has 0 aromatic rings. The fraction of sp³-hybridized carbons (Fsp3) is 0.889. The van der Waals surface area contributed by atoms with E-state index in [2.05, 4.69) is 4.18 Å². The van der Waals surface area contributed by atoms with Gasteiger partial charge < -0.3 is 4.74 Å². The lowest BCUT2D eigenvalue weighted by molar-refractivity contribution is -0.157. The Labute approximate surface area is 101 Å². The van der Waals surface area contributed by atoms with E-state index in [0.717, 1.165) is 0 Å². The molecule has 0 radical (unpaired) electrons. The third-order valence-electron chi connectivity index (χ3n) is 2.54. The van der Waals surface area contributed by atoms with Crippen molar-refractivity contribution in [3.8, 4) is 0 Å². The quantitative estimate of drug-likeness (QED) is 0.523. The highest BCUT2D eigenvalue weighted by atomic mass is 35.7. The first-order valence-electron chi connectivity index (χ1n) is 5.07. The Hall–Kier alpha value is -0.330. The van der Waals surface area contributed by atoms with Gasteiger partial charge in [0.1, 0.15) is 0 Å². The Bertz CT molecular complexity index is 321. The predicted molar refractivity (Wildman–Crippen MR) is 60.4 cm³/mol. The molecule has 0 saturated heterocycles. The Kier molecular flexibility index (Phi) is 6.28. The molecular weight excluding hydrogens is 256 g/mol. The number of carbonyl (C=O) groups is 1. The van der Waals surface area contributed by atoms with Crippen LogP contribution in [0, 0.1) is 5.41 Å². The van der Waals surface area contributed by atoms with Crippen molar-refractivity contribution in [1.29, 1.82) is 0 Å². The van der Waals surface area contributed by atoms with Gasteiger partial charge in [0, 0.05) is 10.7 Å². The lowest BCUT2D eigenvalue weighted by Gasteiger charge is -2.27. The minimum absolute atomic E-state index is 0.244. The van der Waals surface area contributed by atoms with Crippen LogP contribution in [0.15, 0.2) is 0 Å². The maximum absolute atomic E-state index is 11.7. The molecule has 0 aromatic heterocycles. The number of esters is 1. The summed E-state index contributed by atoms with van der Waals surface area (Å²) in [7, 11) is 0.871. The van der Waals surface area contributed by atoms with Gasteiger partial charge in [0.2, 0.25) is 0 Å². The van der Waals surface area contributed by atoms with Crippen molar-refractivity contribution in [2.75, 3.05) is 13.2 Å². The third-order valence-corrected chi connectivity index (χ3v) is 3.20. The highest BCUT2D eigenvalue weighted by molar-refractivity contribution is 8.09. The molecule has 0 amide bonds. The SMILES string of the molecule is CCOC(=O)C(CC)(CC)COS(=O)(=O)Cl. The molecule has 96 valence electrons. The second-order valence-corrected chi connectivity index (χ2v) is 5.52. The fourth-order valence-electron chi connectivity index (χ4n) is 1.27. The summed E-state index contributed by atoms with van der Waals surface area (Å²) in [4.78, 5) is 11.7. The first kappa shape index (κ1) is 15.7. The Balaban J connectivity index is 4.75. The van der Waals surface area contributed by atoms with Gasteiger partial charge in [-0.2, -0.15) is 8.42 Å². The van der Waals surface area contributed by atoms with E-state index in [1.807, 2.05) is 0 Å². The van der Waals surface area contributed by atoms with E-state index in [0.29, 0.717) is 12.8 Å². The van der Waals surface area contributed by atoms with Gasteiger partial charge in [0.25, 0.3) is 0 Å². The second-order valence-electron chi connectivity index (χ2n) is 3.36. The Morgan fingerprint density at radius 3 is 2.06 bits per heavy atom. The Morgan fingerprint density at radius 2 is 1.75 bits per heavy atom. The molecular formula is C9H17ClO5S. The Morgan fingerprint density at radius 1 is 1.25 bits per heavy atom. The molecule has 0 heterocycles. The van der Waals surface area contributed by atoms with Gasteiger partial charge in [-0.05, 0) is 19.8 Å². The van der Waals surface area contributed by atoms with Gasteiger partial charge in [-0.3, -0.25) is 8.98 Å². The normalized spacial score (nSPS) is 12.5. The highest BCUT2D eigenvalue weighted by Crippen LogP contribution is 2.29. The number of hydrogen-bond donors (Lipinski definition) is 0. The molecule has 7 heteroatoms. The van der Waals surface area contributed by atoms with Crippen LogP contribution >= 0.6 is 10.7 Å². The molecule has 5 nitrogen and oxygen atoms in total. The van der Waals surface area contributed by atoms with Crippen LogP contribution in [0.4, 0.5) is 0 Å². The smallest absolute Gasteiger partial charge is 0.355 e. The monoisotopic (exact) mass is 272 g/mol. The van der Waals surface area contributed by atoms with Gasteiger partial charge in [0.15, 0.2) is 0 Å². The van der Waals surface area contributed by atoms with Crippen LogP contribution in [-0.2, 0) is 23.0 Å². The number of ether oxygens (including phenoxy) is 1. The van der Waals surface area contributed by atoms with Crippen LogP contribution in [0.2, 0.25) is 0 Å². The standard InChI is InChI=1S/C9H17ClO5S/c1-4-9(5-2,8(11)14-6-3)7-15-16(10,12)13/h4-7H2,1-3H3. The minimum atomic E-state index is -4.06. The molecule has 0 fully saturated rings. The molecule has 0 spiro atoms. The molecule has 0 bridgehead atoms. The summed E-state index contributed by atoms with van der Waals surface area (Å²) in [6.07, 6.45) is 0.851. The largest absolute Gasteiger partial charge is 0.465 e. The maximum atomic E-state index is 11.7. The summed E-state index contributed by atoms with van der Waals surface area (Å²) in [5.74, 6) is -0.458. The molecule has 0 aliphatic carbocycles. The summed E-state index contributed by atoms with van der Waals surface area (Å²) in [5.41, 5.74) is -0.946. The van der Waals surface area contributed by atoms with E-state index < -0.39 is 20.7 Å². The van der Waals surface area contributed by atoms with E-state index in [-0.39, 0.29) is 13.2 Å². The van der Waals surface area contributed by atoms with Crippen LogP contribution in [-0.4, -0.2) is 27.6 Å². The van der Waals surface area contributed by atoms with Gasteiger partial charge in [-0.15, -0.1) is 0 Å². The van der Waals surface area contributed by atoms with E-state index >= 15 is 0 Å². The molecule has 0 aliphatic heterocycles. The number of carbonyl (C=O) groups excluding carboxylic acids is 1. The summed E-state index contributed by atoms with van der Waals surface area (Å²) in [6.45, 7) is 5.18. The zero-order valence-electron chi connectivity index (χ0n) is 9.66. The molecule has 0 unspecified atom stereocenters. The van der Waals surface area contributed by atoms with E-state index in [4.69, 9.17) is 15.4 Å². The van der Waals surface area contributed by atoms with Crippen molar-refractivity contribution >= 4 is 26.0 Å². The van der Waals surface area contributed by atoms with Gasteiger partial charge in [-0.25, -0.2) is 0 Å². The lowest BCUT2D eigenvalue weighted by Crippen LogP contribution is -2.37. The summed E-state index contributed by atoms with van der Waals surface area (Å²) in [5, 5.41) is 0. The van der Waals surface area contributed by atoms with E-state index in [1.54, 1.807) is 20.8 Å². The summed E-state index contributed by atoms with van der Waals surface area (Å²) < 4.78 is 30.7. The fourth-order valence-corrected chi connectivity index (χ4v) is 1.77. The average molecular weight is 273 g/mol. The molecule has 0 rings (SSSR count). The van der Waals surface area contributed by atoms with Crippen LogP contribution in [0.25, 0.3) is 0 Å². The van der Waals surface area contributed by atoms with Crippen molar-refractivity contribution < 1.29 is 22.1 Å². The molecule has 0 saturated carbocycles. The first-order chi connectivity index (χ1) is 7.31. The van der Waals surface area contributed by atoms with Crippen molar-refractivity contribution in [2.45, 2.75) is 33.6 Å². The number of hydrogen-bond acceptors (Lipinski definition) is 5. The van der Waals surface area contributed by atoms with Crippen LogP contribution in [0.3, 0.4) is 0 Å². The first-order valence-corrected chi connectivity index (χ1v) is 7.31. The maximum Gasteiger partial charge on any atom is 0.355 e. The van der Waals surface area contributed by atoms with E-state index in [9.17, 15) is 13.2 Å². The summed E-state index contributed by atoms with van der Waals surface area (Å²) >= 11 is 0. The average Bonchev–Trinajstić information content (AvgIpc) is 2.19. The van der Waals surface area contributed by atoms with Gasteiger partial charge in [-0.1, -0.05) is 13.8 Å².